The Morgan fingerprint density at radius 2 is 1.90 bits per heavy atom. The van der Waals surface area contributed by atoms with Gasteiger partial charge in [-0.1, -0.05) is 43.3 Å². The molecule has 20 heavy (non-hydrogen) atoms. The predicted molar refractivity (Wildman–Crippen MR) is 85.8 cm³/mol. The van der Waals surface area contributed by atoms with Crippen LogP contribution in [0.4, 0.5) is 0 Å². The fraction of sp³-hybridized carbons (Fsp3) is 0.176. The van der Waals surface area contributed by atoms with Crippen LogP contribution < -0.4 is 5.73 Å². The SMILES string of the molecule is CCc1ccc(C(N)c2cc3cccc(Br)c3o2)cc1. The van der Waals surface area contributed by atoms with Gasteiger partial charge in [-0.2, -0.15) is 0 Å². The van der Waals surface area contributed by atoms with Crippen LogP contribution in [0.15, 0.2) is 57.4 Å². The van der Waals surface area contributed by atoms with Crippen molar-refractivity contribution in [2.24, 2.45) is 5.73 Å². The van der Waals surface area contributed by atoms with Gasteiger partial charge in [0.15, 0.2) is 0 Å². The second-order valence-electron chi connectivity index (χ2n) is 4.88. The Balaban J connectivity index is 1.98. The molecule has 2 nitrogen and oxygen atoms in total. The van der Waals surface area contributed by atoms with E-state index in [9.17, 15) is 0 Å². The maximum absolute atomic E-state index is 6.31. The molecule has 0 bridgehead atoms. The molecule has 0 saturated heterocycles. The Bertz CT molecular complexity index is 730. The summed E-state index contributed by atoms with van der Waals surface area (Å²) < 4.78 is 6.85. The molecule has 102 valence electrons. The number of para-hydroxylation sites is 1. The maximum atomic E-state index is 6.31. The molecule has 0 aliphatic carbocycles. The summed E-state index contributed by atoms with van der Waals surface area (Å²) in [7, 11) is 0. The van der Waals surface area contributed by atoms with Crippen molar-refractivity contribution in [3.63, 3.8) is 0 Å². The molecule has 3 rings (SSSR count). The van der Waals surface area contributed by atoms with Crippen LogP contribution in [-0.2, 0) is 6.42 Å². The van der Waals surface area contributed by atoms with Gasteiger partial charge in [0, 0.05) is 5.39 Å². The van der Waals surface area contributed by atoms with Crippen LogP contribution in [0.3, 0.4) is 0 Å². The van der Waals surface area contributed by atoms with E-state index in [0.717, 1.165) is 33.2 Å². The molecule has 0 amide bonds. The lowest BCUT2D eigenvalue weighted by atomic mass is 10.0. The maximum Gasteiger partial charge on any atom is 0.148 e. The van der Waals surface area contributed by atoms with Gasteiger partial charge in [-0.25, -0.2) is 0 Å². The minimum atomic E-state index is -0.236. The molecule has 0 aliphatic rings. The first-order valence-corrected chi connectivity index (χ1v) is 7.50. The van der Waals surface area contributed by atoms with Crippen molar-refractivity contribution in [3.05, 3.63) is 69.9 Å². The summed E-state index contributed by atoms with van der Waals surface area (Å²) in [6.07, 6.45) is 1.03. The Labute approximate surface area is 126 Å². The van der Waals surface area contributed by atoms with E-state index in [2.05, 4.69) is 47.1 Å². The van der Waals surface area contributed by atoms with Crippen LogP contribution in [0, 0.1) is 0 Å². The highest BCUT2D eigenvalue weighted by molar-refractivity contribution is 9.10. The summed E-state index contributed by atoms with van der Waals surface area (Å²) in [5.74, 6) is 0.788. The van der Waals surface area contributed by atoms with Crippen molar-refractivity contribution in [1.82, 2.24) is 0 Å². The van der Waals surface area contributed by atoms with Crippen molar-refractivity contribution in [2.75, 3.05) is 0 Å². The van der Waals surface area contributed by atoms with Gasteiger partial charge in [-0.3, -0.25) is 0 Å². The second kappa shape index (κ2) is 5.43. The summed E-state index contributed by atoms with van der Waals surface area (Å²) in [5, 5.41) is 1.06. The molecule has 0 fully saturated rings. The highest BCUT2D eigenvalue weighted by Gasteiger charge is 2.15. The van der Waals surface area contributed by atoms with Gasteiger partial charge in [0.2, 0.25) is 0 Å². The van der Waals surface area contributed by atoms with Crippen molar-refractivity contribution in [2.45, 2.75) is 19.4 Å². The Hall–Kier alpha value is -1.58. The smallest absolute Gasteiger partial charge is 0.148 e. The monoisotopic (exact) mass is 329 g/mol. The van der Waals surface area contributed by atoms with E-state index in [1.165, 1.54) is 5.56 Å². The Morgan fingerprint density at radius 3 is 2.55 bits per heavy atom. The molecule has 3 heteroatoms. The summed E-state index contributed by atoms with van der Waals surface area (Å²) in [4.78, 5) is 0. The topological polar surface area (TPSA) is 39.2 Å². The van der Waals surface area contributed by atoms with Crippen molar-refractivity contribution < 1.29 is 4.42 Å². The molecular formula is C17H16BrNO. The van der Waals surface area contributed by atoms with E-state index in [1.807, 2.05) is 24.3 Å². The summed E-state index contributed by atoms with van der Waals surface area (Å²) in [6, 6.07) is 16.2. The van der Waals surface area contributed by atoms with Crippen LogP contribution in [0.5, 0.6) is 0 Å². The zero-order valence-corrected chi connectivity index (χ0v) is 12.9. The standard InChI is InChI=1S/C17H16BrNO/c1-2-11-6-8-12(9-7-11)16(19)15-10-13-4-3-5-14(18)17(13)20-15/h3-10,16H,2,19H2,1H3. The van der Waals surface area contributed by atoms with Gasteiger partial charge in [0.1, 0.15) is 11.3 Å². The molecule has 2 N–H and O–H groups in total. The minimum absolute atomic E-state index is 0.236. The molecule has 2 aromatic carbocycles. The molecule has 1 heterocycles. The number of nitrogens with two attached hydrogens (primary N) is 1. The average molecular weight is 330 g/mol. The lowest BCUT2D eigenvalue weighted by Gasteiger charge is -2.09. The Morgan fingerprint density at radius 1 is 1.15 bits per heavy atom. The van der Waals surface area contributed by atoms with Gasteiger partial charge in [0.25, 0.3) is 0 Å². The van der Waals surface area contributed by atoms with Crippen LogP contribution >= 0.6 is 15.9 Å². The minimum Gasteiger partial charge on any atom is -0.458 e. The fourth-order valence-electron chi connectivity index (χ4n) is 2.33. The van der Waals surface area contributed by atoms with Crippen LogP contribution in [-0.4, -0.2) is 0 Å². The van der Waals surface area contributed by atoms with E-state index < -0.39 is 0 Å². The van der Waals surface area contributed by atoms with E-state index in [-0.39, 0.29) is 6.04 Å². The summed E-state index contributed by atoms with van der Waals surface area (Å²) in [5.41, 5.74) is 9.54. The largest absolute Gasteiger partial charge is 0.458 e. The third kappa shape index (κ3) is 2.39. The number of furan rings is 1. The molecule has 0 aliphatic heterocycles. The third-order valence-electron chi connectivity index (χ3n) is 3.57. The zero-order chi connectivity index (χ0) is 14.1. The highest BCUT2D eigenvalue weighted by atomic mass is 79.9. The van der Waals surface area contributed by atoms with Crippen LogP contribution in [0.25, 0.3) is 11.0 Å². The lowest BCUT2D eigenvalue weighted by Crippen LogP contribution is -2.10. The van der Waals surface area contributed by atoms with Crippen molar-refractivity contribution >= 4 is 26.9 Å². The highest BCUT2D eigenvalue weighted by Crippen LogP contribution is 2.31. The number of halogens is 1. The van der Waals surface area contributed by atoms with E-state index in [1.54, 1.807) is 0 Å². The molecule has 0 spiro atoms. The number of rotatable bonds is 3. The van der Waals surface area contributed by atoms with Crippen molar-refractivity contribution in [3.8, 4) is 0 Å². The zero-order valence-electron chi connectivity index (χ0n) is 11.3. The molecule has 1 atom stereocenters. The van der Waals surface area contributed by atoms with E-state index >= 15 is 0 Å². The molecule has 0 radical (unpaired) electrons. The van der Waals surface area contributed by atoms with Crippen LogP contribution in [0.1, 0.15) is 29.9 Å². The number of aryl methyl sites for hydroxylation is 1. The second-order valence-corrected chi connectivity index (χ2v) is 5.73. The quantitative estimate of drug-likeness (QED) is 0.749. The first kappa shape index (κ1) is 13.4. The first-order chi connectivity index (χ1) is 9.69. The molecule has 1 unspecified atom stereocenters. The molecule has 1 aromatic heterocycles. The fourth-order valence-corrected chi connectivity index (χ4v) is 2.79. The van der Waals surface area contributed by atoms with Gasteiger partial charge in [0.05, 0.1) is 10.5 Å². The normalized spacial score (nSPS) is 12.8. The first-order valence-electron chi connectivity index (χ1n) is 6.71. The van der Waals surface area contributed by atoms with E-state index in [4.69, 9.17) is 10.2 Å². The van der Waals surface area contributed by atoms with E-state index in [0.29, 0.717) is 0 Å². The predicted octanol–water partition coefficient (Wildman–Crippen LogP) is 4.81. The van der Waals surface area contributed by atoms with Gasteiger partial charge in [-0.05, 0) is 45.6 Å². The molecular weight excluding hydrogens is 314 g/mol. The van der Waals surface area contributed by atoms with Gasteiger partial charge >= 0.3 is 0 Å². The average Bonchev–Trinajstić information content (AvgIpc) is 2.92. The Kier molecular flexibility index (Phi) is 3.64. The molecule has 0 saturated carbocycles. The van der Waals surface area contributed by atoms with Gasteiger partial charge < -0.3 is 10.2 Å². The lowest BCUT2D eigenvalue weighted by molar-refractivity contribution is 0.524. The summed E-state index contributed by atoms with van der Waals surface area (Å²) >= 11 is 3.50. The van der Waals surface area contributed by atoms with Crippen molar-refractivity contribution in [1.29, 1.82) is 0 Å². The third-order valence-corrected chi connectivity index (χ3v) is 4.19. The van der Waals surface area contributed by atoms with Gasteiger partial charge in [-0.15, -0.1) is 0 Å². The number of fused-ring (bicyclic) bond motifs is 1. The van der Waals surface area contributed by atoms with Crippen LogP contribution in [0.2, 0.25) is 0 Å². The summed E-state index contributed by atoms with van der Waals surface area (Å²) in [6.45, 7) is 2.14. The number of hydrogen-bond acceptors (Lipinski definition) is 2. The number of benzene rings is 2. The number of hydrogen-bond donors (Lipinski definition) is 1. The molecule has 3 aromatic rings.